The van der Waals surface area contributed by atoms with Crippen LogP contribution >= 0.6 is 0 Å². The number of nitrogens with one attached hydrogen (secondary N) is 1. The standard InChI is InChI=1S/C12H24N2O3S/c1-2-3-7-10-18(16,17)13-11-12(15)14-8-5-4-6-9-14/h13H,2-11H2,1H3. The number of sulfonamides is 1. The van der Waals surface area contributed by atoms with E-state index in [-0.39, 0.29) is 18.2 Å². The van der Waals surface area contributed by atoms with E-state index in [4.69, 9.17) is 0 Å². The number of hydrogen-bond acceptors (Lipinski definition) is 3. The van der Waals surface area contributed by atoms with Crippen molar-refractivity contribution in [2.24, 2.45) is 0 Å². The predicted octanol–water partition coefficient (Wildman–Crippen LogP) is 1.11. The van der Waals surface area contributed by atoms with Gasteiger partial charge in [-0.05, 0) is 25.7 Å². The normalized spacial score (nSPS) is 16.8. The Hall–Kier alpha value is -0.620. The first-order valence-electron chi connectivity index (χ1n) is 6.80. The summed E-state index contributed by atoms with van der Waals surface area (Å²) in [6, 6.07) is 0. The zero-order chi connectivity index (χ0) is 13.4. The van der Waals surface area contributed by atoms with Gasteiger partial charge >= 0.3 is 0 Å². The van der Waals surface area contributed by atoms with E-state index < -0.39 is 10.0 Å². The van der Waals surface area contributed by atoms with E-state index in [1.165, 1.54) is 0 Å². The first kappa shape index (κ1) is 15.4. The zero-order valence-electron chi connectivity index (χ0n) is 11.2. The van der Waals surface area contributed by atoms with Crippen LogP contribution in [0.1, 0.15) is 45.4 Å². The first-order valence-corrected chi connectivity index (χ1v) is 8.45. The lowest BCUT2D eigenvalue weighted by Crippen LogP contribution is -2.43. The van der Waals surface area contributed by atoms with Crippen molar-refractivity contribution >= 4 is 15.9 Å². The number of rotatable bonds is 7. The highest BCUT2D eigenvalue weighted by Gasteiger charge is 2.18. The molecule has 0 aromatic heterocycles. The minimum atomic E-state index is -3.29. The largest absolute Gasteiger partial charge is 0.342 e. The Labute approximate surface area is 110 Å². The highest BCUT2D eigenvalue weighted by Crippen LogP contribution is 2.08. The monoisotopic (exact) mass is 276 g/mol. The van der Waals surface area contributed by atoms with Crippen molar-refractivity contribution in [1.29, 1.82) is 0 Å². The van der Waals surface area contributed by atoms with E-state index in [1.54, 1.807) is 4.90 Å². The van der Waals surface area contributed by atoms with Crippen LogP contribution in [0.4, 0.5) is 0 Å². The molecule has 0 aromatic rings. The highest BCUT2D eigenvalue weighted by molar-refractivity contribution is 7.89. The van der Waals surface area contributed by atoms with Gasteiger partial charge in [0.1, 0.15) is 0 Å². The van der Waals surface area contributed by atoms with Crippen molar-refractivity contribution in [2.75, 3.05) is 25.4 Å². The summed E-state index contributed by atoms with van der Waals surface area (Å²) >= 11 is 0. The van der Waals surface area contributed by atoms with Gasteiger partial charge in [0.2, 0.25) is 15.9 Å². The zero-order valence-corrected chi connectivity index (χ0v) is 12.0. The fraction of sp³-hybridized carbons (Fsp3) is 0.917. The van der Waals surface area contributed by atoms with Gasteiger partial charge in [0.25, 0.3) is 0 Å². The van der Waals surface area contributed by atoms with Gasteiger partial charge in [-0.15, -0.1) is 0 Å². The molecular weight excluding hydrogens is 252 g/mol. The van der Waals surface area contributed by atoms with E-state index in [0.29, 0.717) is 6.42 Å². The molecule has 1 rings (SSSR count). The lowest BCUT2D eigenvalue weighted by atomic mass is 10.1. The van der Waals surface area contributed by atoms with E-state index in [2.05, 4.69) is 4.72 Å². The number of hydrogen-bond donors (Lipinski definition) is 1. The lowest BCUT2D eigenvalue weighted by Gasteiger charge is -2.26. The molecular formula is C12H24N2O3S. The lowest BCUT2D eigenvalue weighted by molar-refractivity contribution is -0.130. The second kappa shape index (κ2) is 7.74. The average Bonchev–Trinajstić information content (AvgIpc) is 2.37. The fourth-order valence-corrected chi connectivity index (χ4v) is 3.11. The van der Waals surface area contributed by atoms with Gasteiger partial charge in [0.15, 0.2) is 0 Å². The van der Waals surface area contributed by atoms with E-state index in [1.807, 2.05) is 6.92 Å². The van der Waals surface area contributed by atoms with Gasteiger partial charge in [-0.25, -0.2) is 13.1 Å². The molecule has 0 radical (unpaired) electrons. The molecule has 1 fully saturated rings. The minimum absolute atomic E-state index is 0.0888. The molecule has 106 valence electrons. The summed E-state index contributed by atoms with van der Waals surface area (Å²) in [7, 11) is -3.29. The number of likely N-dealkylation sites (tertiary alicyclic amines) is 1. The van der Waals surface area contributed by atoms with Crippen LogP contribution < -0.4 is 4.72 Å². The maximum Gasteiger partial charge on any atom is 0.237 e. The summed E-state index contributed by atoms with van der Waals surface area (Å²) in [5, 5.41) is 0. The summed E-state index contributed by atoms with van der Waals surface area (Å²) in [6.45, 7) is 3.46. The third-order valence-corrected chi connectivity index (χ3v) is 4.58. The maximum atomic E-state index is 11.8. The Bertz CT molecular complexity index is 348. The number of amides is 1. The Kier molecular flexibility index (Phi) is 6.63. The average molecular weight is 276 g/mol. The summed E-state index contributed by atoms with van der Waals surface area (Å²) in [4.78, 5) is 13.5. The number of piperidine rings is 1. The first-order chi connectivity index (χ1) is 8.55. The van der Waals surface area contributed by atoms with Gasteiger partial charge in [-0.2, -0.15) is 0 Å². The van der Waals surface area contributed by atoms with Crippen molar-refractivity contribution < 1.29 is 13.2 Å². The minimum Gasteiger partial charge on any atom is -0.342 e. The molecule has 1 saturated heterocycles. The SMILES string of the molecule is CCCCCS(=O)(=O)NCC(=O)N1CCCCC1. The molecule has 1 aliphatic rings. The molecule has 5 nitrogen and oxygen atoms in total. The molecule has 18 heavy (non-hydrogen) atoms. The Morgan fingerprint density at radius 1 is 1.17 bits per heavy atom. The molecule has 0 spiro atoms. The fourth-order valence-electron chi connectivity index (χ4n) is 2.04. The van der Waals surface area contributed by atoms with Gasteiger partial charge in [-0.1, -0.05) is 19.8 Å². The summed E-state index contributed by atoms with van der Waals surface area (Å²) in [6.07, 6.45) is 5.75. The van der Waals surface area contributed by atoms with Gasteiger partial charge in [0, 0.05) is 13.1 Å². The number of unbranched alkanes of at least 4 members (excludes halogenated alkanes) is 2. The molecule has 0 saturated carbocycles. The van der Waals surface area contributed by atoms with Crippen molar-refractivity contribution in [3.63, 3.8) is 0 Å². The van der Waals surface area contributed by atoms with Crippen LogP contribution in [0, 0.1) is 0 Å². The third-order valence-electron chi connectivity index (χ3n) is 3.17. The van der Waals surface area contributed by atoms with Crippen LogP contribution in [-0.2, 0) is 14.8 Å². The smallest absolute Gasteiger partial charge is 0.237 e. The molecule has 0 aliphatic carbocycles. The maximum absolute atomic E-state index is 11.8. The van der Waals surface area contributed by atoms with E-state index >= 15 is 0 Å². The number of nitrogens with zero attached hydrogens (tertiary/aromatic N) is 1. The number of carbonyl (C=O) groups excluding carboxylic acids is 1. The van der Waals surface area contributed by atoms with Crippen LogP contribution in [0.3, 0.4) is 0 Å². The molecule has 0 atom stereocenters. The molecule has 1 N–H and O–H groups in total. The van der Waals surface area contributed by atoms with Crippen molar-refractivity contribution in [3.05, 3.63) is 0 Å². The molecule has 1 amide bonds. The quantitative estimate of drug-likeness (QED) is 0.708. The van der Waals surface area contributed by atoms with Crippen molar-refractivity contribution in [3.8, 4) is 0 Å². The van der Waals surface area contributed by atoms with Crippen molar-refractivity contribution in [1.82, 2.24) is 9.62 Å². The van der Waals surface area contributed by atoms with E-state index in [9.17, 15) is 13.2 Å². The molecule has 0 bridgehead atoms. The van der Waals surface area contributed by atoms with Crippen LogP contribution in [-0.4, -0.2) is 44.6 Å². The van der Waals surface area contributed by atoms with Crippen LogP contribution in [0.15, 0.2) is 0 Å². The van der Waals surface area contributed by atoms with Crippen LogP contribution in [0.2, 0.25) is 0 Å². The molecule has 6 heteroatoms. The predicted molar refractivity (Wildman–Crippen MR) is 71.7 cm³/mol. The Morgan fingerprint density at radius 2 is 1.83 bits per heavy atom. The van der Waals surface area contributed by atoms with Crippen LogP contribution in [0.5, 0.6) is 0 Å². The van der Waals surface area contributed by atoms with E-state index in [0.717, 1.165) is 45.2 Å². The highest BCUT2D eigenvalue weighted by atomic mass is 32.2. The Balaban J connectivity index is 2.27. The van der Waals surface area contributed by atoms with Gasteiger partial charge in [0.05, 0.1) is 12.3 Å². The molecule has 1 aliphatic heterocycles. The van der Waals surface area contributed by atoms with Gasteiger partial charge < -0.3 is 4.90 Å². The van der Waals surface area contributed by atoms with Crippen molar-refractivity contribution in [2.45, 2.75) is 45.4 Å². The second-order valence-corrected chi connectivity index (χ2v) is 6.71. The Morgan fingerprint density at radius 3 is 2.44 bits per heavy atom. The van der Waals surface area contributed by atoms with Crippen LogP contribution in [0.25, 0.3) is 0 Å². The second-order valence-electron chi connectivity index (χ2n) is 4.79. The molecule has 1 heterocycles. The number of carbonyl (C=O) groups is 1. The topological polar surface area (TPSA) is 66.5 Å². The summed E-state index contributed by atoms with van der Waals surface area (Å²) in [5.41, 5.74) is 0. The summed E-state index contributed by atoms with van der Waals surface area (Å²) in [5.74, 6) is 0.0162. The molecule has 0 unspecified atom stereocenters. The third kappa shape index (κ3) is 5.82. The summed E-state index contributed by atoms with van der Waals surface area (Å²) < 4.78 is 25.6. The molecule has 0 aromatic carbocycles. The van der Waals surface area contributed by atoms with Gasteiger partial charge in [-0.3, -0.25) is 4.79 Å².